The second-order valence-electron chi connectivity index (χ2n) is 1.08. The number of rotatable bonds is 1. The Bertz CT molecular complexity index is 105. The molecule has 0 aromatic heterocycles. The van der Waals surface area contributed by atoms with Gasteiger partial charge in [-0.2, -0.15) is 0 Å². The van der Waals surface area contributed by atoms with E-state index in [2.05, 4.69) is 15.5 Å². The van der Waals surface area contributed by atoms with Crippen molar-refractivity contribution < 1.29 is 0 Å². The van der Waals surface area contributed by atoms with Crippen molar-refractivity contribution in [3.05, 3.63) is 0 Å². The third kappa shape index (κ3) is 3.14. The molecule has 0 aliphatic carbocycles. The van der Waals surface area contributed by atoms with Crippen molar-refractivity contribution in [2.75, 3.05) is 7.05 Å². The third-order valence-electron chi connectivity index (χ3n) is 0.488. The number of guanidine groups is 1. The topological polar surface area (TPSA) is 62.8 Å². The summed E-state index contributed by atoms with van der Waals surface area (Å²) >= 11 is 0. The molecule has 4 nitrogen and oxygen atoms in total. The molecule has 46 valence electrons. The van der Waals surface area contributed by atoms with E-state index in [1.54, 1.807) is 20.2 Å². The van der Waals surface area contributed by atoms with E-state index in [-0.39, 0.29) is 5.96 Å². The zero-order valence-electron chi connectivity index (χ0n) is 5.05. The normalized spacial score (nSPS) is 12.5. The Morgan fingerprint density at radius 2 is 2.38 bits per heavy atom. The molecular weight excluding hydrogens is 104 g/mol. The largest absolute Gasteiger partial charge is 0.367 e. The van der Waals surface area contributed by atoms with Gasteiger partial charge in [0.05, 0.1) is 0 Å². The maximum Gasteiger partial charge on any atom is 0.236 e. The summed E-state index contributed by atoms with van der Waals surface area (Å²) in [5, 5.41) is 3.56. The Morgan fingerprint density at radius 3 is 2.75 bits per heavy atom. The highest BCUT2D eigenvalue weighted by atomic mass is 15.3. The number of nitrogens with zero attached hydrogens (tertiary/aromatic N) is 2. The van der Waals surface area contributed by atoms with Crippen LogP contribution in [0.3, 0.4) is 0 Å². The number of aliphatic imine (C=N–C) groups is 1. The van der Waals surface area contributed by atoms with E-state index in [0.29, 0.717) is 0 Å². The summed E-state index contributed by atoms with van der Waals surface area (Å²) in [5.74, 6) is 0.245. The van der Waals surface area contributed by atoms with Gasteiger partial charge in [-0.3, -0.25) is 0 Å². The molecule has 0 spiro atoms. The lowest BCUT2D eigenvalue weighted by atomic mass is 10.8. The average Bonchev–Trinajstić information content (AvgIpc) is 1.68. The van der Waals surface area contributed by atoms with Gasteiger partial charge in [-0.05, 0) is 6.92 Å². The molecule has 0 saturated heterocycles. The van der Waals surface area contributed by atoms with Gasteiger partial charge >= 0.3 is 0 Å². The Labute approximate surface area is 48.5 Å². The van der Waals surface area contributed by atoms with Gasteiger partial charge < -0.3 is 11.2 Å². The highest BCUT2D eigenvalue weighted by Gasteiger charge is 1.76. The molecule has 4 heteroatoms. The Morgan fingerprint density at radius 1 is 1.75 bits per heavy atom. The van der Waals surface area contributed by atoms with E-state index >= 15 is 0 Å². The van der Waals surface area contributed by atoms with Gasteiger partial charge in [0.15, 0.2) is 0 Å². The summed E-state index contributed by atoms with van der Waals surface area (Å²) in [5.41, 5.74) is 7.69. The predicted molar refractivity (Wildman–Crippen MR) is 34.8 cm³/mol. The first kappa shape index (κ1) is 6.94. The monoisotopic (exact) mass is 114 g/mol. The molecule has 0 aliphatic heterocycles. The van der Waals surface area contributed by atoms with Crippen LogP contribution in [0, 0.1) is 0 Å². The van der Waals surface area contributed by atoms with Crippen LogP contribution in [-0.2, 0) is 0 Å². The maximum atomic E-state index is 5.18. The molecule has 0 amide bonds. The fourth-order valence-corrected chi connectivity index (χ4v) is 0.276. The van der Waals surface area contributed by atoms with Crippen molar-refractivity contribution >= 4 is 12.2 Å². The summed E-state index contributed by atoms with van der Waals surface area (Å²) < 4.78 is 0. The molecule has 0 heterocycles. The van der Waals surface area contributed by atoms with E-state index in [0.717, 1.165) is 0 Å². The summed E-state index contributed by atoms with van der Waals surface area (Å²) in [4.78, 5) is 3.65. The van der Waals surface area contributed by atoms with Crippen LogP contribution < -0.4 is 11.2 Å². The number of hydrogen-bond acceptors (Lipinski definition) is 2. The van der Waals surface area contributed by atoms with Crippen LogP contribution in [0.5, 0.6) is 0 Å². The van der Waals surface area contributed by atoms with Crippen molar-refractivity contribution in [1.29, 1.82) is 0 Å². The zero-order chi connectivity index (χ0) is 6.41. The van der Waals surface area contributed by atoms with Crippen LogP contribution >= 0.6 is 0 Å². The van der Waals surface area contributed by atoms with E-state index in [1.807, 2.05) is 0 Å². The summed E-state index contributed by atoms with van der Waals surface area (Å²) in [6.07, 6.45) is 1.58. The molecule has 3 N–H and O–H groups in total. The molecule has 0 fully saturated rings. The van der Waals surface area contributed by atoms with E-state index in [4.69, 9.17) is 5.73 Å². The molecule has 0 unspecified atom stereocenters. The maximum absolute atomic E-state index is 5.18. The third-order valence-corrected chi connectivity index (χ3v) is 0.488. The first-order valence-corrected chi connectivity index (χ1v) is 2.30. The minimum Gasteiger partial charge on any atom is -0.367 e. The lowest BCUT2D eigenvalue weighted by Crippen LogP contribution is -2.12. The van der Waals surface area contributed by atoms with Gasteiger partial charge in [0.1, 0.15) is 0 Å². The van der Waals surface area contributed by atoms with Crippen LogP contribution in [0.15, 0.2) is 10.1 Å². The molecule has 0 aromatic rings. The minimum absolute atomic E-state index is 0.245. The van der Waals surface area contributed by atoms with Crippen molar-refractivity contribution in [2.45, 2.75) is 6.92 Å². The fourth-order valence-electron chi connectivity index (χ4n) is 0.276. The minimum atomic E-state index is 0.245. The first-order chi connectivity index (χ1) is 3.81. The average molecular weight is 114 g/mol. The Kier molecular flexibility index (Phi) is 3.56. The number of nitrogens with two attached hydrogens (primary N) is 1. The highest BCUT2D eigenvalue weighted by Crippen LogP contribution is 1.63. The highest BCUT2D eigenvalue weighted by molar-refractivity contribution is 5.85. The van der Waals surface area contributed by atoms with Crippen molar-refractivity contribution in [2.24, 2.45) is 15.8 Å². The fraction of sp³-hybridized carbons (Fsp3) is 0.500. The SMILES string of the molecule is C/C=N\C(N)=N/NC. The van der Waals surface area contributed by atoms with Crippen molar-refractivity contribution in [3.8, 4) is 0 Å². The van der Waals surface area contributed by atoms with Crippen LogP contribution in [0.25, 0.3) is 0 Å². The molecule has 0 atom stereocenters. The second-order valence-corrected chi connectivity index (χ2v) is 1.08. The Balaban J connectivity index is 3.61. The molecule has 8 heavy (non-hydrogen) atoms. The quantitative estimate of drug-likeness (QED) is 0.275. The number of nitrogens with one attached hydrogen (secondary N) is 1. The standard InChI is InChI=1S/C4H10N4/c1-3-7-4(5)8-6-2/h3,6H,1-2H3,(H2,5,8)/b7-3-. The van der Waals surface area contributed by atoms with E-state index < -0.39 is 0 Å². The first-order valence-electron chi connectivity index (χ1n) is 2.30. The Hall–Kier alpha value is -1.06. The van der Waals surface area contributed by atoms with Gasteiger partial charge in [-0.15, -0.1) is 5.10 Å². The zero-order valence-corrected chi connectivity index (χ0v) is 5.05. The van der Waals surface area contributed by atoms with Crippen LogP contribution in [0.4, 0.5) is 0 Å². The smallest absolute Gasteiger partial charge is 0.236 e. The number of hydrazone groups is 1. The summed E-state index contributed by atoms with van der Waals surface area (Å²) in [7, 11) is 1.66. The van der Waals surface area contributed by atoms with Crippen LogP contribution in [0.1, 0.15) is 6.92 Å². The molecule has 0 rings (SSSR count). The molecule has 0 radical (unpaired) electrons. The van der Waals surface area contributed by atoms with Crippen LogP contribution in [-0.4, -0.2) is 19.2 Å². The van der Waals surface area contributed by atoms with E-state index in [1.165, 1.54) is 0 Å². The lowest BCUT2D eigenvalue weighted by Gasteiger charge is -1.87. The predicted octanol–water partition coefficient (Wildman–Crippen LogP) is -0.474. The molecular formula is C4H10N4. The summed E-state index contributed by atoms with van der Waals surface area (Å²) in [6.45, 7) is 1.78. The summed E-state index contributed by atoms with van der Waals surface area (Å²) in [6, 6.07) is 0. The molecule has 0 aromatic carbocycles. The van der Waals surface area contributed by atoms with Crippen LogP contribution in [0.2, 0.25) is 0 Å². The lowest BCUT2D eigenvalue weighted by molar-refractivity contribution is 0.894. The van der Waals surface area contributed by atoms with Crippen molar-refractivity contribution in [1.82, 2.24) is 5.43 Å². The van der Waals surface area contributed by atoms with Gasteiger partial charge in [-0.25, -0.2) is 4.99 Å². The van der Waals surface area contributed by atoms with Gasteiger partial charge in [0.25, 0.3) is 0 Å². The van der Waals surface area contributed by atoms with Gasteiger partial charge in [0.2, 0.25) is 5.96 Å². The molecule has 0 aliphatic rings. The van der Waals surface area contributed by atoms with Gasteiger partial charge in [0, 0.05) is 13.3 Å². The van der Waals surface area contributed by atoms with Crippen molar-refractivity contribution in [3.63, 3.8) is 0 Å². The second kappa shape index (κ2) is 4.11. The van der Waals surface area contributed by atoms with E-state index in [9.17, 15) is 0 Å². The molecule has 0 bridgehead atoms. The molecule has 0 saturated carbocycles. The number of hydrogen-bond donors (Lipinski definition) is 2. The van der Waals surface area contributed by atoms with Gasteiger partial charge in [-0.1, -0.05) is 0 Å².